The third-order valence-corrected chi connectivity index (χ3v) is 6.88. The minimum absolute atomic E-state index is 0. The molecule has 92 heavy (non-hydrogen) atoms. The minimum atomic E-state index is -0.167. The average molecular weight is 1360 g/mol. The highest BCUT2D eigenvalue weighted by molar-refractivity contribution is 5.73. The minimum Gasteiger partial charge on any atom is -0.394 e. The van der Waals surface area contributed by atoms with Crippen molar-refractivity contribution in [2.45, 2.75) is 223 Å². The molecular formula is C67H182N12O13. The molecule has 0 radical (unpaired) electrons. The lowest BCUT2D eigenvalue weighted by Gasteiger charge is -2.24. The first kappa shape index (κ1) is 198. The van der Waals surface area contributed by atoms with Gasteiger partial charge >= 0.3 is 0 Å². The van der Waals surface area contributed by atoms with Gasteiger partial charge < -0.3 is 129 Å². The van der Waals surface area contributed by atoms with Crippen LogP contribution in [0.3, 0.4) is 0 Å². The summed E-state index contributed by atoms with van der Waals surface area (Å²) in [5, 5.41) is 8.06. The van der Waals surface area contributed by atoms with Crippen molar-refractivity contribution in [3.05, 3.63) is 71.8 Å². The fourth-order valence-corrected chi connectivity index (χ4v) is 2.86. The number of hydrogen-bond donors (Lipinski definition) is 12. The molecule has 0 aromatic heterocycles. The van der Waals surface area contributed by atoms with Gasteiger partial charge in [-0.2, -0.15) is 0 Å². The predicted octanol–water partition coefficient (Wildman–Crippen LogP) is 16.1. The molecule has 1 heterocycles. The Morgan fingerprint density at radius 3 is 0.641 bits per heavy atom. The largest absolute Gasteiger partial charge is 0.394 e. The van der Waals surface area contributed by atoms with Crippen molar-refractivity contribution in [2.75, 3.05) is 41.3 Å². The molecule has 0 atom stereocenters. The second kappa shape index (κ2) is 341. The first-order chi connectivity index (χ1) is 40.9. The summed E-state index contributed by atoms with van der Waals surface area (Å²) in [6.45, 7) is 71.8. The molecule has 0 aliphatic carbocycles. The summed E-state index contributed by atoms with van der Waals surface area (Å²) >= 11 is 0. The smallest absolute Gasteiger partial charge is 0.219 e. The number of likely N-dealkylation sites (tertiary alicyclic amines) is 1. The highest BCUT2D eigenvalue weighted by Gasteiger charge is 2.11. The number of aryl methyl sites for hydroxylation is 2. The quantitative estimate of drug-likeness (QED) is 0.128. The summed E-state index contributed by atoms with van der Waals surface area (Å²) in [7, 11) is 6.00. The van der Waals surface area contributed by atoms with Crippen LogP contribution in [0.1, 0.15) is 224 Å². The number of amides is 1. The average Bonchev–Trinajstić information content (AvgIpc) is 3.60. The number of piperidine rings is 1. The molecule has 1 fully saturated rings. The Bertz CT molecular complexity index is 1060. The number of rotatable bonds is 6. The van der Waals surface area contributed by atoms with Crippen LogP contribution in [0.2, 0.25) is 0 Å². The molecule has 25 heteroatoms. The van der Waals surface area contributed by atoms with Gasteiger partial charge in [-0.1, -0.05) is 225 Å². The Labute approximate surface area is 580 Å². The van der Waals surface area contributed by atoms with Crippen molar-refractivity contribution in [2.24, 2.45) is 46.6 Å². The summed E-state index contributed by atoms with van der Waals surface area (Å²) in [6.07, 6.45) is 11.0. The standard InChI is InChI=1S/C9H12.C8H10.C7H13NO.3C5H12.C4H10.C3H8O.3C2H6.4CH5N.11CH2O.7H3N.6H2/c1-2-6-9-7-4-3-5-8-9;1-2-8-6-4-3-5-7-8;1-7(9)8-5-3-2-4-6-8;3*1-4-5(2)3;1-4(2)3;1-3(2)4;18*1-2;;;;;;;;;;;;;/h3-5,7-8H,2,6H2,1H3;3-7H,2H2,1H3;2-6H2,1H3;3*5H,4H2,1-3H3;4H,1-3H3;3-4H,1-2H3;3*1-2H3;4*2H2,1H3;11*1H2;7*1H3;6*1H. The number of carbonyl (C=O) groups is 12. The van der Waals surface area contributed by atoms with E-state index >= 15 is 0 Å². The molecule has 588 valence electrons. The van der Waals surface area contributed by atoms with Crippen LogP contribution in [-0.2, 0) is 70.4 Å². The molecule has 0 saturated carbocycles. The van der Waals surface area contributed by atoms with E-state index in [2.05, 4.69) is 174 Å². The number of nitrogens with two attached hydrogens (primary N) is 4. The summed E-state index contributed by atoms with van der Waals surface area (Å²) in [4.78, 5) is 101. The molecule has 3 rings (SSSR count). The molecule has 30 N–H and O–H groups in total. The maximum absolute atomic E-state index is 10.7. The molecule has 2 aromatic rings. The van der Waals surface area contributed by atoms with Gasteiger partial charge in [0.2, 0.25) is 5.91 Å². The number of nitrogens with zero attached hydrogens (tertiary/aromatic N) is 1. The van der Waals surface area contributed by atoms with Crippen LogP contribution >= 0.6 is 0 Å². The van der Waals surface area contributed by atoms with Gasteiger partial charge in [-0.25, -0.2) is 0 Å². The predicted molar refractivity (Wildman–Crippen MR) is 426 cm³/mol. The van der Waals surface area contributed by atoms with Gasteiger partial charge in [0, 0.05) is 34.7 Å². The summed E-state index contributed by atoms with van der Waals surface area (Å²) in [5.74, 6) is 3.72. The van der Waals surface area contributed by atoms with E-state index in [4.69, 9.17) is 57.8 Å². The highest BCUT2D eigenvalue weighted by Crippen LogP contribution is 2.07. The van der Waals surface area contributed by atoms with Crippen molar-refractivity contribution in [3.63, 3.8) is 0 Å². The Balaban J connectivity index is -0.0000000122. The number of aliphatic hydroxyl groups excluding tert-OH is 1. The molecule has 1 aliphatic rings. The third kappa shape index (κ3) is 534. The Kier molecular flexibility index (Phi) is 734. The lowest BCUT2D eigenvalue weighted by atomic mass is 10.1. The van der Waals surface area contributed by atoms with Gasteiger partial charge in [-0.3, -0.25) is 4.79 Å². The summed E-state index contributed by atoms with van der Waals surface area (Å²) in [6, 6.07) is 21.0. The van der Waals surface area contributed by atoms with E-state index in [0.717, 1.165) is 43.2 Å². The van der Waals surface area contributed by atoms with E-state index in [9.17, 15) is 4.79 Å². The summed E-state index contributed by atoms with van der Waals surface area (Å²) in [5.41, 5.74) is 20.9. The van der Waals surface area contributed by atoms with E-state index < -0.39 is 0 Å². The van der Waals surface area contributed by atoms with Gasteiger partial charge in [0.05, 0.1) is 0 Å². The molecule has 1 saturated heterocycles. The topological polar surface area (TPSA) is 577 Å². The van der Waals surface area contributed by atoms with Crippen LogP contribution in [0.15, 0.2) is 60.7 Å². The second-order valence-corrected chi connectivity index (χ2v) is 14.9. The Morgan fingerprint density at radius 2 is 0.543 bits per heavy atom. The molecule has 0 bridgehead atoms. The van der Waals surface area contributed by atoms with E-state index in [1.54, 1.807) is 20.8 Å². The maximum Gasteiger partial charge on any atom is 0.219 e. The fraction of sp³-hybridized carbons (Fsp3) is 0.642. The van der Waals surface area contributed by atoms with Crippen molar-refractivity contribution in [1.82, 2.24) is 48.0 Å². The van der Waals surface area contributed by atoms with Crippen LogP contribution < -0.4 is 66.0 Å². The van der Waals surface area contributed by atoms with E-state index in [0.29, 0.717) is 0 Å². The number of carbonyl (C=O) groups excluding carboxylic acids is 12. The van der Waals surface area contributed by atoms with Crippen molar-refractivity contribution < 1.29 is 71.2 Å². The SMILES string of the molecule is C=O.C=O.C=O.C=O.C=O.C=O.C=O.C=O.C=O.C=O.C=O.CC.CC.CC.CC(=O)N1CCCCC1.CC(C)C.CC(C)O.CCC(C)C.CCC(C)C.CCC(C)C.CCCc1ccccc1.CCc1ccccc1.CN.CN.CN.CN.N.N.N.N.N.N.N.[HH].[HH].[HH].[HH].[HH].[HH]. The normalized spacial score (nSPS) is 6.95. The molecule has 2 aromatic carbocycles. The molecule has 0 unspecified atom stereocenters. The second-order valence-electron chi connectivity index (χ2n) is 14.9. The Morgan fingerprint density at radius 1 is 0.391 bits per heavy atom. The highest BCUT2D eigenvalue weighted by atomic mass is 16.3. The van der Waals surface area contributed by atoms with E-state index in [-0.39, 0.29) is 63.6 Å². The van der Waals surface area contributed by atoms with Crippen molar-refractivity contribution in [3.8, 4) is 0 Å². The molecular weight excluding hydrogens is 1180 g/mol. The van der Waals surface area contributed by atoms with E-state index in [1.165, 1.54) is 90.7 Å². The van der Waals surface area contributed by atoms with Gasteiger partial charge in [-0.05, 0) is 109 Å². The summed E-state index contributed by atoms with van der Waals surface area (Å²) < 4.78 is 0. The zero-order chi connectivity index (χ0) is 75.0. The lowest BCUT2D eigenvalue weighted by Crippen LogP contribution is -2.33. The maximum atomic E-state index is 10.7. The number of hydrogen-bond acceptors (Lipinski definition) is 24. The monoisotopic (exact) mass is 1360 g/mol. The molecule has 1 amide bonds. The van der Waals surface area contributed by atoms with Gasteiger partial charge in [0.25, 0.3) is 0 Å². The van der Waals surface area contributed by atoms with Crippen molar-refractivity contribution in [1.29, 1.82) is 0 Å². The van der Waals surface area contributed by atoms with Gasteiger partial charge in [0.15, 0.2) is 0 Å². The molecule has 1 aliphatic heterocycles. The van der Waals surface area contributed by atoms with Crippen LogP contribution in [-0.4, -0.2) is 138 Å². The third-order valence-electron chi connectivity index (χ3n) is 6.88. The first-order valence-corrected chi connectivity index (χ1v) is 28.4. The lowest BCUT2D eigenvalue weighted by molar-refractivity contribution is -0.129. The zero-order valence-corrected chi connectivity index (χ0v) is 65.8. The molecule has 0 spiro atoms. The van der Waals surface area contributed by atoms with Crippen LogP contribution in [0.5, 0.6) is 0 Å². The zero-order valence-electron chi connectivity index (χ0n) is 65.8. The van der Waals surface area contributed by atoms with Gasteiger partial charge in [-0.15, -0.1) is 0 Å². The Hall–Kier alpha value is -6.20. The molecule has 25 nitrogen and oxygen atoms in total. The van der Waals surface area contributed by atoms with Crippen LogP contribution in [0.25, 0.3) is 0 Å². The van der Waals surface area contributed by atoms with Crippen molar-refractivity contribution >= 4 is 80.6 Å². The van der Waals surface area contributed by atoms with Crippen LogP contribution in [0, 0.1) is 23.7 Å². The van der Waals surface area contributed by atoms with E-state index in [1.807, 2.05) is 127 Å². The van der Waals surface area contributed by atoms with Gasteiger partial charge in [0.1, 0.15) is 74.7 Å². The fourth-order valence-electron chi connectivity index (χ4n) is 2.86. The number of aliphatic hydroxyl groups is 1. The first-order valence-electron chi connectivity index (χ1n) is 28.4. The van der Waals surface area contributed by atoms with Crippen LogP contribution in [0.4, 0.5) is 0 Å². The number of benzene rings is 2.